The van der Waals surface area contributed by atoms with Gasteiger partial charge in [0.2, 0.25) is 5.91 Å². The third kappa shape index (κ3) is 3.15. The van der Waals surface area contributed by atoms with E-state index in [1.807, 2.05) is 32.5 Å². The highest BCUT2D eigenvalue weighted by molar-refractivity contribution is 5.85. The van der Waals surface area contributed by atoms with Crippen molar-refractivity contribution in [2.75, 3.05) is 0 Å². The van der Waals surface area contributed by atoms with Crippen LogP contribution in [0.1, 0.15) is 49.6 Å². The van der Waals surface area contributed by atoms with Crippen LogP contribution in [0.15, 0.2) is 0 Å². The molecule has 0 aromatic carbocycles. The number of aromatic nitrogens is 2. The van der Waals surface area contributed by atoms with Crippen LogP contribution >= 0.6 is 0 Å². The van der Waals surface area contributed by atoms with Gasteiger partial charge >= 0.3 is 5.97 Å². The zero-order valence-electron chi connectivity index (χ0n) is 13.8. The third-order valence-electron chi connectivity index (χ3n) is 4.84. The van der Waals surface area contributed by atoms with E-state index >= 15 is 0 Å². The number of amides is 1. The average molecular weight is 307 g/mol. The fourth-order valence-corrected chi connectivity index (χ4v) is 3.17. The molecule has 2 rings (SSSR count). The first-order chi connectivity index (χ1) is 10.2. The van der Waals surface area contributed by atoms with Gasteiger partial charge in [-0.25, -0.2) is 0 Å². The van der Waals surface area contributed by atoms with E-state index in [1.54, 1.807) is 0 Å². The van der Waals surface area contributed by atoms with Gasteiger partial charge in [0.25, 0.3) is 0 Å². The van der Waals surface area contributed by atoms with E-state index < -0.39 is 11.4 Å². The van der Waals surface area contributed by atoms with Gasteiger partial charge in [-0.2, -0.15) is 5.10 Å². The molecule has 6 heteroatoms. The van der Waals surface area contributed by atoms with E-state index in [9.17, 15) is 14.7 Å². The molecule has 1 aliphatic carbocycles. The Kier molecular flexibility index (Phi) is 4.58. The molecule has 22 heavy (non-hydrogen) atoms. The standard InChI is InChI=1S/C16H25N3O3/c1-10(8-13-11(2)18-19(4)12(13)3)17-14(20)9-16(15(21)22)6-5-7-16/h10H,5-9H2,1-4H3,(H,17,20)(H,21,22). The summed E-state index contributed by atoms with van der Waals surface area (Å²) >= 11 is 0. The number of hydrogen-bond acceptors (Lipinski definition) is 3. The van der Waals surface area contributed by atoms with Crippen LogP contribution in [0.5, 0.6) is 0 Å². The predicted molar refractivity (Wildman–Crippen MR) is 82.5 cm³/mol. The number of nitrogens with zero attached hydrogens (tertiary/aromatic N) is 2. The summed E-state index contributed by atoms with van der Waals surface area (Å²) in [6.45, 7) is 5.92. The average Bonchev–Trinajstić information content (AvgIpc) is 2.60. The van der Waals surface area contributed by atoms with E-state index in [0.717, 1.165) is 23.4 Å². The number of carbonyl (C=O) groups is 2. The maximum absolute atomic E-state index is 12.1. The van der Waals surface area contributed by atoms with E-state index in [0.29, 0.717) is 19.3 Å². The number of nitrogens with one attached hydrogen (secondary N) is 1. The zero-order chi connectivity index (χ0) is 16.5. The molecule has 1 aromatic rings. The molecule has 122 valence electrons. The van der Waals surface area contributed by atoms with Crippen molar-refractivity contribution >= 4 is 11.9 Å². The Bertz CT molecular complexity index is 588. The smallest absolute Gasteiger partial charge is 0.310 e. The van der Waals surface area contributed by atoms with Crippen molar-refractivity contribution in [3.05, 3.63) is 17.0 Å². The van der Waals surface area contributed by atoms with Gasteiger partial charge in [0.1, 0.15) is 0 Å². The van der Waals surface area contributed by atoms with Crippen LogP contribution in [0.2, 0.25) is 0 Å². The van der Waals surface area contributed by atoms with Crippen LogP contribution in [0.4, 0.5) is 0 Å². The molecule has 6 nitrogen and oxygen atoms in total. The first kappa shape index (κ1) is 16.5. The van der Waals surface area contributed by atoms with Gasteiger partial charge in [-0.05, 0) is 45.6 Å². The monoisotopic (exact) mass is 307 g/mol. The Morgan fingerprint density at radius 1 is 1.41 bits per heavy atom. The van der Waals surface area contributed by atoms with E-state index in [2.05, 4.69) is 10.4 Å². The molecule has 0 bridgehead atoms. The largest absolute Gasteiger partial charge is 0.481 e. The van der Waals surface area contributed by atoms with Gasteiger partial charge < -0.3 is 10.4 Å². The van der Waals surface area contributed by atoms with Crippen molar-refractivity contribution in [3.63, 3.8) is 0 Å². The summed E-state index contributed by atoms with van der Waals surface area (Å²) in [5.41, 5.74) is 2.39. The molecule has 1 atom stereocenters. The van der Waals surface area contributed by atoms with E-state index in [1.165, 1.54) is 0 Å². The normalized spacial score (nSPS) is 17.6. The first-order valence-electron chi connectivity index (χ1n) is 7.77. The van der Waals surface area contributed by atoms with Crippen LogP contribution in [0.25, 0.3) is 0 Å². The SMILES string of the molecule is Cc1nn(C)c(C)c1CC(C)NC(=O)CC1(C(=O)O)CCC1. The number of aliphatic carboxylic acids is 1. The van der Waals surface area contributed by atoms with Crippen molar-refractivity contribution in [2.45, 2.75) is 58.9 Å². The van der Waals surface area contributed by atoms with Gasteiger partial charge in [-0.1, -0.05) is 6.42 Å². The topological polar surface area (TPSA) is 84.2 Å². The van der Waals surface area contributed by atoms with Gasteiger partial charge in [0.05, 0.1) is 11.1 Å². The second-order valence-corrected chi connectivity index (χ2v) is 6.56. The Morgan fingerprint density at radius 3 is 2.45 bits per heavy atom. The number of rotatable bonds is 6. The number of aryl methyl sites for hydroxylation is 2. The maximum atomic E-state index is 12.1. The highest BCUT2D eigenvalue weighted by Crippen LogP contribution is 2.44. The molecule has 1 aromatic heterocycles. The molecule has 0 saturated heterocycles. The molecule has 1 saturated carbocycles. The first-order valence-corrected chi connectivity index (χ1v) is 7.77. The summed E-state index contributed by atoms with van der Waals surface area (Å²) in [4.78, 5) is 23.5. The summed E-state index contributed by atoms with van der Waals surface area (Å²) in [5, 5.41) is 16.6. The van der Waals surface area contributed by atoms with Gasteiger partial charge in [-0.3, -0.25) is 14.3 Å². The number of carboxylic acid groups (broad SMARTS) is 1. The van der Waals surface area contributed by atoms with Crippen LogP contribution < -0.4 is 5.32 Å². The van der Waals surface area contributed by atoms with Crippen molar-refractivity contribution in [1.29, 1.82) is 0 Å². The minimum Gasteiger partial charge on any atom is -0.481 e. The molecule has 0 aliphatic heterocycles. The molecule has 1 unspecified atom stereocenters. The third-order valence-corrected chi connectivity index (χ3v) is 4.84. The number of carbonyl (C=O) groups excluding carboxylic acids is 1. The van der Waals surface area contributed by atoms with Crippen LogP contribution in [0, 0.1) is 19.3 Å². The lowest BCUT2D eigenvalue weighted by Crippen LogP contribution is -2.44. The molecule has 2 N–H and O–H groups in total. The molecule has 1 fully saturated rings. The summed E-state index contributed by atoms with van der Waals surface area (Å²) in [5.74, 6) is -1.02. The van der Waals surface area contributed by atoms with Crippen molar-refractivity contribution in [1.82, 2.24) is 15.1 Å². The lowest BCUT2D eigenvalue weighted by atomic mass is 9.66. The zero-order valence-corrected chi connectivity index (χ0v) is 13.8. The quantitative estimate of drug-likeness (QED) is 0.838. The molecule has 1 heterocycles. The Balaban J connectivity index is 1.93. The van der Waals surface area contributed by atoms with Crippen molar-refractivity contribution in [3.8, 4) is 0 Å². The lowest BCUT2D eigenvalue weighted by molar-refractivity contribution is -0.157. The molecular formula is C16H25N3O3. The van der Waals surface area contributed by atoms with E-state index in [-0.39, 0.29) is 18.4 Å². The van der Waals surface area contributed by atoms with Crippen molar-refractivity contribution in [2.24, 2.45) is 12.5 Å². The summed E-state index contributed by atoms with van der Waals surface area (Å²) in [6.07, 6.45) is 2.88. The second-order valence-electron chi connectivity index (χ2n) is 6.56. The maximum Gasteiger partial charge on any atom is 0.310 e. The Morgan fingerprint density at radius 2 is 2.05 bits per heavy atom. The number of carboxylic acids is 1. The second kappa shape index (κ2) is 6.10. The Labute approximate surface area is 130 Å². The van der Waals surface area contributed by atoms with Crippen molar-refractivity contribution < 1.29 is 14.7 Å². The molecule has 1 aliphatic rings. The molecule has 0 spiro atoms. The highest BCUT2D eigenvalue weighted by Gasteiger charge is 2.45. The predicted octanol–water partition coefficient (Wildman–Crippen LogP) is 1.73. The van der Waals surface area contributed by atoms with Crippen LogP contribution in [-0.2, 0) is 23.1 Å². The Hall–Kier alpha value is -1.85. The summed E-state index contributed by atoms with van der Waals surface area (Å²) in [7, 11) is 1.91. The minimum atomic E-state index is -0.847. The molecular weight excluding hydrogens is 282 g/mol. The van der Waals surface area contributed by atoms with Gasteiger partial charge in [-0.15, -0.1) is 0 Å². The molecule has 0 radical (unpaired) electrons. The summed E-state index contributed by atoms with van der Waals surface area (Å²) in [6, 6.07) is -0.0416. The number of hydrogen-bond donors (Lipinski definition) is 2. The molecule has 1 amide bonds. The fraction of sp³-hybridized carbons (Fsp3) is 0.688. The van der Waals surface area contributed by atoms with E-state index in [4.69, 9.17) is 0 Å². The fourth-order valence-electron chi connectivity index (χ4n) is 3.17. The van der Waals surface area contributed by atoms with Crippen LogP contribution in [0.3, 0.4) is 0 Å². The van der Waals surface area contributed by atoms with Gasteiger partial charge in [0, 0.05) is 25.2 Å². The van der Waals surface area contributed by atoms with Crippen LogP contribution in [-0.4, -0.2) is 32.8 Å². The highest BCUT2D eigenvalue weighted by atomic mass is 16.4. The lowest BCUT2D eigenvalue weighted by Gasteiger charge is -2.37. The minimum absolute atomic E-state index is 0.0416. The van der Waals surface area contributed by atoms with Gasteiger partial charge in [0.15, 0.2) is 0 Å². The summed E-state index contributed by atoms with van der Waals surface area (Å²) < 4.78 is 1.84.